The van der Waals surface area contributed by atoms with Crippen molar-refractivity contribution in [3.8, 4) is 0 Å². The normalized spacial score (nSPS) is 26.2. The number of ether oxygens (including phenoxy) is 1. The lowest BCUT2D eigenvalue weighted by molar-refractivity contribution is 0.0343. The van der Waals surface area contributed by atoms with Gasteiger partial charge in [0.05, 0.1) is 24.5 Å². The van der Waals surface area contributed by atoms with Crippen LogP contribution in [0.4, 0.5) is 5.69 Å². The first-order valence-corrected chi connectivity index (χ1v) is 7.14. The number of hydrogen-bond acceptors (Lipinski definition) is 3. The van der Waals surface area contributed by atoms with Crippen molar-refractivity contribution in [1.29, 1.82) is 0 Å². The van der Waals surface area contributed by atoms with Gasteiger partial charge in [-0.15, -0.1) is 0 Å². The highest BCUT2D eigenvalue weighted by Gasteiger charge is 2.25. The zero-order chi connectivity index (χ0) is 13.3. The predicted molar refractivity (Wildman–Crippen MR) is 77.0 cm³/mol. The summed E-state index contributed by atoms with van der Waals surface area (Å²) >= 11 is 3.60. The summed E-state index contributed by atoms with van der Waals surface area (Å²) in [6, 6.07) is 6.42. The van der Waals surface area contributed by atoms with Crippen molar-refractivity contribution in [2.24, 2.45) is 0 Å². The molecule has 2 rings (SSSR count). The zero-order valence-corrected chi connectivity index (χ0v) is 12.6. The first-order valence-electron chi connectivity index (χ1n) is 6.34. The molecule has 0 saturated carbocycles. The van der Waals surface area contributed by atoms with E-state index >= 15 is 0 Å². The molecular weight excluding hydrogens is 294 g/mol. The lowest BCUT2D eigenvalue weighted by Crippen LogP contribution is -2.47. The van der Waals surface area contributed by atoms with E-state index in [1.54, 1.807) is 6.92 Å². The summed E-state index contributed by atoms with van der Waals surface area (Å²) in [6.07, 6.45) is -0.180. The van der Waals surface area contributed by atoms with Crippen LogP contribution in [-0.4, -0.2) is 30.4 Å². The van der Waals surface area contributed by atoms with E-state index in [1.165, 1.54) is 5.69 Å². The molecule has 4 heteroatoms. The van der Waals surface area contributed by atoms with Crippen LogP contribution in [-0.2, 0) is 4.74 Å². The van der Waals surface area contributed by atoms with Crippen molar-refractivity contribution in [3.05, 3.63) is 28.2 Å². The third-order valence-electron chi connectivity index (χ3n) is 3.37. The van der Waals surface area contributed by atoms with Crippen LogP contribution >= 0.6 is 15.9 Å². The topological polar surface area (TPSA) is 32.7 Å². The molecule has 1 N–H and O–H groups in total. The van der Waals surface area contributed by atoms with E-state index < -0.39 is 6.10 Å². The summed E-state index contributed by atoms with van der Waals surface area (Å²) in [5.74, 6) is 0. The van der Waals surface area contributed by atoms with Gasteiger partial charge >= 0.3 is 0 Å². The molecule has 1 fully saturated rings. The Balaban J connectivity index is 2.27. The lowest BCUT2D eigenvalue weighted by Gasteiger charge is -2.39. The van der Waals surface area contributed by atoms with E-state index in [0.717, 1.165) is 23.2 Å². The Labute approximate surface area is 117 Å². The molecule has 0 amide bonds. The second-order valence-electron chi connectivity index (χ2n) is 5.03. The number of morpholine rings is 1. The van der Waals surface area contributed by atoms with E-state index in [9.17, 15) is 5.11 Å². The molecule has 1 aromatic rings. The van der Waals surface area contributed by atoms with E-state index in [2.05, 4.69) is 40.7 Å². The summed E-state index contributed by atoms with van der Waals surface area (Å²) in [5, 5.41) is 9.59. The van der Waals surface area contributed by atoms with Gasteiger partial charge in [-0.2, -0.15) is 0 Å². The van der Waals surface area contributed by atoms with Gasteiger partial charge in [-0.1, -0.05) is 6.07 Å². The number of halogens is 1. The standard InChI is InChI=1S/C14H20BrNO2/c1-9-8-18-10(2)7-16(9)14-5-4-12(11(3)17)6-13(14)15/h4-6,9-11,17H,7-8H2,1-3H3. The molecule has 18 heavy (non-hydrogen) atoms. The summed E-state index contributed by atoms with van der Waals surface area (Å²) < 4.78 is 6.68. The van der Waals surface area contributed by atoms with Crippen LogP contribution in [0.1, 0.15) is 32.4 Å². The zero-order valence-electron chi connectivity index (χ0n) is 11.1. The fraction of sp³-hybridized carbons (Fsp3) is 0.571. The van der Waals surface area contributed by atoms with Crippen molar-refractivity contribution in [2.75, 3.05) is 18.1 Å². The number of benzene rings is 1. The number of aliphatic hydroxyl groups excluding tert-OH is 1. The van der Waals surface area contributed by atoms with Crippen molar-refractivity contribution < 1.29 is 9.84 Å². The summed E-state index contributed by atoms with van der Waals surface area (Å²) in [6.45, 7) is 7.69. The van der Waals surface area contributed by atoms with E-state index in [0.29, 0.717) is 6.04 Å². The molecule has 1 aliphatic rings. The minimum absolute atomic E-state index is 0.254. The van der Waals surface area contributed by atoms with Crippen LogP contribution < -0.4 is 4.90 Å². The number of rotatable bonds is 2. The largest absolute Gasteiger partial charge is 0.389 e. The Hall–Kier alpha value is -0.580. The van der Waals surface area contributed by atoms with Gasteiger partial charge < -0.3 is 14.7 Å². The number of aliphatic hydroxyl groups is 1. The van der Waals surface area contributed by atoms with Crippen LogP contribution in [0.5, 0.6) is 0 Å². The maximum Gasteiger partial charge on any atom is 0.0762 e. The van der Waals surface area contributed by atoms with Gasteiger partial charge in [0, 0.05) is 17.1 Å². The maximum absolute atomic E-state index is 9.59. The molecule has 100 valence electrons. The van der Waals surface area contributed by atoms with Gasteiger partial charge in [0.1, 0.15) is 0 Å². The van der Waals surface area contributed by atoms with Crippen molar-refractivity contribution in [1.82, 2.24) is 0 Å². The molecule has 1 aromatic carbocycles. The molecule has 0 radical (unpaired) electrons. The summed E-state index contributed by atoms with van der Waals surface area (Å²) in [5.41, 5.74) is 2.10. The van der Waals surface area contributed by atoms with Crippen LogP contribution in [0.25, 0.3) is 0 Å². The molecular formula is C14H20BrNO2. The fourth-order valence-electron chi connectivity index (χ4n) is 2.25. The number of hydrogen-bond donors (Lipinski definition) is 1. The minimum Gasteiger partial charge on any atom is -0.389 e. The molecule has 0 aromatic heterocycles. The first-order chi connectivity index (χ1) is 8.49. The molecule has 0 aliphatic carbocycles. The lowest BCUT2D eigenvalue weighted by atomic mass is 10.1. The monoisotopic (exact) mass is 313 g/mol. The predicted octanol–water partition coefficient (Wildman–Crippen LogP) is 3.12. The molecule has 3 unspecified atom stereocenters. The van der Waals surface area contributed by atoms with E-state index in [-0.39, 0.29) is 6.10 Å². The Morgan fingerprint density at radius 3 is 2.78 bits per heavy atom. The van der Waals surface area contributed by atoms with E-state index in [4.69, 9.17) is 4.74 Å². The smallest absolute Gasteiger partial charge is 0.0762 e. The molecule has 0 bridgehead atoms. The van der Waals surface area contributed by atoms with Gasteiger partial charge in [0.15, 0.2) is 0 Å². The molecule has 3 nitrogen and oxygen atoms in total. The Kier molecular flexibility index (Phi) is 4.30. The SMILES string of the molecule is CC1CN(c2ccc(C(C)O)cc2Br)C(C)CO1. The third-order valence-corrected chi connectivity index (χ3v) is 4.01. The first kappa shape index (κ1) is 13.8. The van der Waals surface area contributed by atoms with Gasteiger partial charge in [0.2, 0.25) is 0 Å². The number of nitrogens with zero attached hydrogens (tertiary/aromatic N) is 1. The summed E-state index contributed by atoms with van der Waals surface area (Å²) in [7, 11) is 0. The Morgan fingerprint density at radius 2 is 2.17 bits per heavy atom. The van der Waals surface area contributed by atoms with Crippen molar-refractivity contribution >= 4 is 21.6 Å². The van der Waals surface area contributed by atoms with Crippen LogP contribution in [0, 0.1) is 0 Å². The summed E-state index contributed by atoms with van der Waals surface area (Å²) in [4.78, 5) is 2.35. The van der Waals surface area contributed by atoms with Crippen LogP contribution in [0.15, 0.2) is 22.7 Å². The second kappa shape index (κ2) is 5.59. The van der Waals surface area contributed by atoms with Gasteiger partial charge in [-0.3, -0.25) is 0 Å². The highest BCUT2D eigenvalue weighted by atomic mass is 79.9. The van der Waals surface area contributed by atoms with Crippen molar-refractivity contribution in [2.45, 2.75) is 39.0 Å². The molecule has 1 aliphatic heterocycles. The molecule has 0 spiro atoms. The molecule has 3 atom stereocenters. The second-order valence-corrected chi connectivity index (χ2v) is 5.89. The van der Waals surface area contributed by atoms with E-state index in [1.807, 2.05) is 12.1 Å². The van der Waals surface area contributed by atoms with Crippen molar-refractivity contribution in [3.63, 3.8) is 0 Å². The highest BCUT2D eigenvalue weighted by Crippen LogP contribution is 2.32. The van der Waals surface area contributed by atoms with Crippen LogP contribution in [0.2, 0.25) is 0 Å². The number of anilines is 1. The third kappa shape index (κ3) is 2.87. The van der Waals surface area contributed by atoms with Crippen LogP contribution in [0.3, 0.4) is 0 Å². The minimum atomic E-state index is -0.434. The average Bonchev–Trinajstić information content (AvgIpc) is 2.32. The molecule has 1 heterocycles. The quantitative estimate of drug-likeness (QED) is 0.910. The highest BCUT2D eigenvalue weighted by molar-refractivity contribution is 9.10. The molecule has 1 saturated heterocycles. The Bertz CT molecular complexity index is 422. The fourth-order valence-corrected chi connectivity index (χ4v) is 2.88. The van der Waals surface area contributed by atoms with Gasteiger partial charge in [0.25, 0.3) is 0 Å². The average molecular weight is 314 g/mol. The Morgan fingerprint density at radius 1 is 1.44 bits per heavy atom. The maximum atomic E-state index is 9.59. The van der Waals surface area contributed by atoms with Gasteiger partial charge in [-0.05, 0) is 54.4 Å². The van der Waals surface area contributed by atoms with Gasteiger partial charge in [-0.25, -0.2) is 0 Å².